The molecule has 1 aromatic rings. The van der Waals surface area contributed by atoms with Gasteiger partial charge in [0, 0.05) is 0 Å². The molecule has 1 atom stereocenters. The molecule has 1 N–H and O–H groups in total. The lowest BCUT2D eigenvalue weighted by atomic mass is 10.2. The molecule has 0 spiro atoms. The molecule has 0 radical (unpaired) electrons. The summed E-state index contributed by atoms with van der Waals surface area (Å²) in [5, 5.41) is 2.51. The molecule has 0 aliphatic heterocycles. The van der Waals surface area contributed by atoms with Crippen LogP contribution >= 0.6 is 0 Å². The Morgan fingerprint density at radius 2 is 1.87 bits per heavy atom. The zero-order valence-corrected chi connectivity index (χ0v) is 15.4. The van der Waals surface area contributed by atoms with Gasteiger partial charge in [0.25, 0.3) is 0 Å². The average Bonchev–Trinajstić information content (AvgIpc) is 2.35. The van der Waals surface area contributed by atoms with Crippen LogP contribution in [0.15, 0.2) is 16.8 Å². The summed E-state index contributed by atoms with van der Waals surface area (Å²) in [6.07, 6.45) is 2.29. The third-order valence-electron chi connectivity index (χ3n) is 2.38. The van der Waals surface area contributed by atoms with Crippen molar-refractivity contribution in [1.29, 1.82) is 0 Å². The standard InChI is InChI=1S/C15H24N4O3S/c1-10(19-23(21)15(5,6)7)11-8-16-9-12(17-11)18-13(20)22-14(2,3)4/h8-9H,1-7H3,(H,17,18,20)/b19-10-. The maximum atomic E-state index is 12.1. The number of amides is 1. The second-order valence-corrected chi connectivity index (χ2v) is 8.86. The maximum Gasteiger partial charge on any atom is 0.413 e. The average molecular weight is 340 g/mol. The number of aromatic nitrogens is 2. The molecule has 23 heavy (non-hydrogen) atoms. The van der Waals surface area contributed by atoms with Crippen LogP contribution in [0.5, 0.6) is 0 Å². The zero-order chi connectivity index (χ0) is 17.8. The molecule has 1 aromatic heterocycles. The van der Waals surface area contributed by atoms with E-state index in [1.807, 2.05) is 20.8 Å². The van der Waals surface area contributed by atoms with Gasteiger partial charge in [-0.3, -0.25) is 10.3 Å². The molecule has 1 amide bonds. The molecule has 128 valence electrons. The van der Waals surface area contributed by atoms with Crippen LogP contribution in [0.1, 0.15) is 54.2 Å². The highest BCUT2D eigenvalue weighted by molar-refractivity contribution is 7.91. The molecule has 8 heteroatoms. The molecule has 1 unspecified atom stereocenters. The van der Waals surface area contributed by atoms with Crippen LogP contribution in [0.25, 0.3) is 0 Å². The highest BCUT2D eigenvalue weighted by Crippen LogP contribution is 2.18. The summed E-state index contributed by atoms with van der Waals surface area (Å²) in [7, 11) is 0. The first-order valence-corrected chi connectivity index (χ1v) is 8.29. The zero-order valence-electron chi connectivity index (χ0n) is 14.6. The van der Waals surface area contributed by atoms with E-state index in [0.717, 1.165) is 0 Å². The van der Waals surface area contributed by atoms with Gasteiger partial charge >= 0.3 is 6.09 Å². The number of nitrogens with zero attached hydrogens (tertiary/aromatic N) is 3. The molecular formula is C15H24N4O3S. The van der Waals surface area contributed by atoms with Gasteiger partial charge in [0.2, 0.25) is 0 Å². The van der Waals surface area contributed by atoms with Gasteiger partial charge in [0.05, 0.1) is 12.4 Å². The van der Waals surface area contributed by atoms with E-state index in [4.69, 9.17) is 4.74 Å². The fraction of sp³-hybridized carbons (Fsp3) is 0.600. The van der Waals surface area contributed by atoms with Crippen LogP contribution in [0.2, 0.25) is 0 Å². The molecule has 0 fully saturated rings. The van der Waals surface area contributed by atoms with Crippen molar-refractivity contribution in [1.82, 2.24) is 9.97 Å². The van der Waals surface area contributed by atoms with Crippen LogP contribution < -0.4 is 5.32 Å². The number of anilines is 1. The Labute approximate surface area is 140 Å². The van der Waals surface area contributed by atoms with Crippen LogP contribution in [0.4, 0.5) is 10.6 Å². The van der Waals surface area contributed by atoms with Crippen LogP contribution in [0, 0.1) is 0 Å². The summed E-state index contributed by atoms with van der Waals surface area (Å²) in [4.78, 5) is 20.0. The van der Waals surface area contributed by atoms with Gasteiger partial charge in [-0.15, -0.1) is 0 Å². The minimum atomic E-state index is -1.39. The molecular weight excluding hydrogens is 316 g/mol. The molecule has 1 heterocycles. The largest absolute Gasteiger partial charge is 0.591 e. The lowest BCUT2D eigenvalue weighted by molar-refractivity contribution is 0.0635. The topological polar surface area (TPSA) is 99.5 Å². The van der Waals surface area contributed by atoms with Crippen molar-refractivity contribution >= 4 is 29.0 Å². The molecule has 7 nitrogen and oxygen atoms in total. The van der Waals surface area contributed by atoms with E-state index in [1.54, 1.807) is 27.7 Å². The van der Waals surface area contributed by atoms with Crippen molar-refractivity contribution in [2.75, 3.05) is 5.32 Å². The van der Waals surface area contributed by atoms with E-state index in [-0.39, 0.29) is 5.82 Å². The number of carbonyl (C=O) groups is 1. The summed E-state index contributed by atoms with van der Waals surface area (Å²) in [5.41, 5.74) is 0.325. The van der Waals surface area contributed by atoms with E-state index in [1.165, 1.54) is 12.4 Å². The highest BCUT2D eigenvalue weighted by Gasteiger charge is 2.27. The Hall–Kier alpha value is -1.67. The number of hydrogen-bond acceptors (Lipinski definition) is 6. The van der Waals surface area contributed by atoms with Crippen molar-refractivity contribution in [3.63, 3.8) is 0 Å². The van der Waals surface area contributed by atoms with E-state index in [0.29, 0.717) is 11.4 Å². The number of rotatable bonds is 3. The van der Waals surface area contributed by atoms with Crippen LogP contribution in [-0.4, -0.2) is 36.7 Å². The molecule has 1 rings (SSSR count). The van der Waals surface area contributed by atoms with Gasteiger partial charge in [-0.05, 0) is 48.5 Å². The van der Waals surface area contributed by atoms with Crippen molar-refractivity contribution in [3.05, 3.63) is 18.1 Å². The maximum absolute atomic E-state index is 12.1. The number of hydrogen-bond donors (Lipinski definition) is 1. The van der Waals surface area contributed by atoms with Gasteiger partial charge < -0.3 is 9.29 Å². The van der Waals surface area contributed by atoms with Crippen molar-refractivity contribution in [3.8, 4) is 0 Å². The summed E-state index contributed by atoms with van der Waals surface area (Å²) >= 11 is -1.39. The van der Waals surface area contributed by atoms with Crippen molar-refractivity contribution < 1.29 is 14.1 Å². The van der Waals surface area contributed by atoms with E-state index >= 15 is 0 Å². The van der Waals surface area contributed by atoms with E-state index < -0.39 is 27.8 Å². The summed E-state index contributed by atoms with van der Waals surface area (Å²) in [5.74, 6) is 0.243. The Morgan fingerprint density at radius 3 is 2.39 bits per heavy atom. The first-order valence-electron chi connectivity index (χ1n) is 7.18. The Balaban J connectivity index is 2.88. The van der Waals surface area contributed by atoms with Crippen LogP contribution in [0.3, 0.4) is 0 Å². The third kappa shape index (κ3) is 6.96. The summed E-state index contributed by atoms with van der Waals surface area (Å²) < 4.78 is 20.9. The summed E-state index contributed by atoms with van der Waals surface area (Å²) in [6.45, 7) is 12.5. The molecule has 0 saturated heterocycles. The Kier molecular flexibility index (Phi) is 6.12. The Bertz CT molecular complexity index is 591. The van der Waals surface area contributed by atoms with Crippen LogP contribution in [-0.2, 0) is 16.1 Å². The lowest BCUT2D eigenvalue weighted by Crippen LogP contribution is -2.28. The van der Waals surface area contributed by atoms with E-state index in [2.05, 4.69) is 19.7 Å². The number of carbonyl (C=O) groups excluding carboxylic acids is 1. The first kappa shape index (κ1) is 19.4. The van der Waals surface area contributed by atoms with Crippen molar-refractivity contribution in [2.24, 2.45) is 4.40 Å². The van der Waals surface area contributed by atoms with E-state index in [9.17, 15) is 9.35 Å². The second-order valence-electron chi connectivity index (χ2n) is 6.95. The summed E-state index contributed by atoms with van der Waals surface area (Å²) in [6, 6.07) is 0. The van der Waals surface area contributed by atoms with Gasteiger partial charge in [-0.25, -0.2) is 9.78 Å². The second kappa shape index (κ2) is 7.27. The highest BCUT2D eigenvalue weighted by atomic mass is 32.2. The number of ether oxygens (including phenoxy) is 1. The molecule has 0 aliphatic rings. The fourth-order valence-corrected chi connectivity index (χ4v) is 1.93. The van der Waals surface area contributed by atoms with Gasteiger partial charge in [0.15, 0.2) is 5.82 Å². The normalized spacial score (nSPS) is 14.3. The smallest absolute Gasteiger partial charge is 0.413 e. The Morgan fingerprint density at radius 1 is 1.26 bits per heavy atom. The van der Waals surface area contributed by atoms with Gasteiger partial charge in [0.1, 0.15) is 33.1 Å². The van der Waals surface area contributed by atoms with Gasteiger partial charge in [-0.2, -0.15) is 0 Å². The minimum Gasteiger partial charge on any atom is -0.591 e. The third-order valence-corrected chi connectivity index (χ3v) is 3.87. The molecule has 0 bridgehead atoms. The quantitative estimate of drug-likeness (QED) is 0.673. The SMILES string of the molecule is C/C(=N/[S+]([O-])C(C)(C)C)c1cncc(NC(=O)OC(C)(C)C)n1. The van der Waals surface area contributed by atoms with Gasteiger partial charge in [-0.1, -0.05) is 4.40 Å². The fourth-order valence-electron chi connectivity index (χ4n) is 1.32. The van der Waals surface area contributed by atoms with Crippen molar-refractivity contribution in [2.45, 2.75) is 58.8 Å². The molecule has 0 aliphatic carbocycles. The molecule has 0 aromatic carbocycles. The minimum absolute atomic E-state index is 0.243. The predicted octanol–water partition coefficient (Wildman–Crippen LogP) is 3.09. The predicted molar refractivity (Wildman–Crippen MR) is 92.0 cm³/mol. The first-order chi connectivity index (χ1) is 10.4. The monoisotopic (exact) mass is 340 g/mol. The number of nitrogens with one attached hydrogen (secondary N) is 1. The molecule has 0 saturated carbocycles. The lowest BCUT2D eigenvalue weighted by Gasteiger charge is -2.19.